The van der Waals surface area contributed by atoms with Crippen LogP contribution in [0.4, 0.5) is 21.9 Å². The van der Waals surface area contributed by atoms with Gasteiger partial charge in [0, 0.05) is 22.6 Å². The monoisotopic (exact) mass is 460 g/mol. The van der Waals surface area contributed by atoms with E-state index in [0.717, 1.165) is 0 Å². The molecule has 0 fully saturated rings. The number of furan rings is 1. The number of thiophene rings is 1. The summed E-state index contributed by atoms with van der Waals surface area (Å²) >= 11 is 1.36. The molecule has 2 aromatic heterocycles. The van der Waals surface area contributed by atoms with Crippen LogP contribution in [0.2, 0.25) is 0 Å². The van der Waals surface area contributed by atoms with E-state index in [2.05, 4.69) is 21.3 Å². The minimum atomic E-state index is -0.366. The second kappa shape index (κ2) is 10.3. The van der Waals surface area contributed by atoms with Crippen LogP contribution in [-0.4, -0.2) is 17.8 Å². The maximum absolute atomic E-state index is 12.5. The second-order valence-corrected chi connectivity index (χ2v) is 7.87. The van der Waals surface area contributed by atoms with Gasteiger partial charge in [-0.25, -0.2) is 4.79 Å². The summed E-state index contributed by atoms with van der Waals surface area (Å²) in [5.41, 5.74) is 2.21. The van der Waals surface area contributed by atoms with E-state index in [4.69, 9.17) is 4.42 Å². The van der Waals surface area contributed by atoms with Gasteiger partial charge in [-0.1, -0.05) is 6.07 Å². The van der Waals surface area contributed by atoms with E-state index in [0.29, 0.717) is 33.3 Å². The third-order valence-electron chi connectivity index (χ3n) is 4.55. The fourth-order valence-electron chi connectivity index (χ4n) is 2.90. The van der Waals surface area contributed by atoms with Gasteiger partial charge in [-0.2, -0.15) is 0 Å². The minimum absolute atomic E-state index is 0.189. The number of hydrogen-bond donors (Lipinski definition) is 4. The van der Waals surface area contributed by atoms with Gasteiger partial charge in [-0.3, -0.25) is 9.59 Å². The van der Waals surface area contributed by atoms with Gasteiger partial charge in [-0.05, 0) is 72.1 Å². The lowest BCUT2D eigenvalue weighted by atomic mass is 10.2. The third kappa shape index (κ3) is 6.08. The lowest BCUT2D eigenvalue weighted by Gasteiger charge is -2.09. The van der Waals surface area contributed by atoms with E-state index in [9.17, 15) is 14.4 Å². The van der Waals surface area contributed by atoms with Gasteiger partial charge in [0.2, 0.25) is 0 Å². The summed E-state index contributed by atoms with van der Waals surface area (Å²) in [5.74, 6) is 0.176. The highest BCUT2D eigenvalue weighted by molar-refractivity contribution is 7.12. The standard InChI is InChI=1S/C24H20N4O4S/c29-22(16-5-7-17(8-6-16)27-23(30)21-4-2-14-33-21)26-18-9-11-19(12-10-18)28-24(31)25-15-20-3-1-13-32-20/h1-14H,15H2,(H,26,29)(H,27,30)(H2,25,28,31). The molecule has 4 rings (SSSR count). The number of nitrogens with one attached hydrogen (secondary N) is 4. The summed E-state index contributed by atoms with van der Waals surface area (Å²) < 4.78 is 5.16. The summed E-state index contributed by atoms with van der Waals surface area (Å²) in [6, 6.07) is 20.1. The van der Waals surface area contributed by atoms with Crippen LogP contribution in [0.15, 0.2) is 88.9 Å². The summed E-state index contributed by atoms with van der Waals surface area (Å²) in [4.78, 5) is 37.2. The highest BCUT2D eigenvalue weighted by Gasteiger charge is 2.10. The van der Waals surface area contributed by atoms with E-state index < -0.39 is 0 Å². The molecule has 2 aromatic carbocycles. The van der Waals surface area contributed by atoms with Gasteiger partial charge < -0.3 is 25.7 Å². The quantitative estimate of drug-likeness (QED) is 0.305. The Morgan fingerprint density at radius 2 is 1.36 bits per heavy atom. The molecule has 166 valence electrons. The second-order valence-electron chi connectivity index (χ2n) is 6.93. The van der Waals surface area contributed by atoms with Crippen molar-refractivity contribution in [1.82, 2.24) is 5.32 Å². The number of carbonyl (C=O) groups is 3. The summed E-state index contributed by atoms with van der Waals surface area (Å²) in [6.45, 7) is 0.281. The molecule has 9 heteroatoms. The van der Waals surface area contributed by atoms with E-state index in [1.165, 1.54) is 11.3 Å². The van der Waals surface area contributed by atoms with Gasteiger partial charge in [-0.15, -0.1) is 11.3 Å². The molecule has 33 heavy (non-hydrogen) atoms. The number of hydrogen-bond acceptors (Lipinski definition) is 5. The van der Waals surface area contributed by atoms with E-state index in [1.807, 2.05) is 11.4 Å². The average molecular weight is 461 g/mol. The lowest BCUT2D eigenvalue weighted by molar-refractivity contribution is 0.102. The fourth-order valence-corrected chi connectivity index (χ4v) is 3.52. The highest BCUT2D eigenvalue weighted by atomic mass is 32.1. The Morgan fingerprint density at radius 1 is 0.727 bits per heavy atom. The smallest absolute Gasteiger partial charge is 0.319 e. The maximum atomic E-state index is 12.5. The van der Waals surface area contributed by atoms with Crippen LogP contribution in [-0.2, 0) is 6.54 Å². The molecule has 0 saturated heterocycles. The molecular weight excluding hydrogens is 440 g/mol. The van der Waals surface area contributed by atoms with Gasteiger partial charge in [0.15, 0.2) is 0 Å². The van der Waals surface area contributed by atoms with E-state index in [-0.39, 0.29) is 24.4 Å². The van der Waals surface area contributed by atoms with E-state index in [1.54, 1.807) is 73.0 Å². The molecule has 4 N–H and O–H groups in total. The molecule has 4 amide bonds. The maximum Gasteiger partial charge on any atom is 0.319 e. The Kier molecular flexibility index (Phi) is 6.81. The first-order chi connectivity index (χ1) is 16.1. The molecule has 0 radical (unpaired) electrons. The first kappa shape index (κ1) is 21.8. The van der Waals surface area contributed by atoms with Crippen molar-refractivity contribution < 1.29 is 18.8 Å². The van der Waals surface area contributed by atoms with Crippen LogP contribution in [0.25, 0.3) is 0 Å². The molecule has 2 heterocycles. The number of urea groups is 1. The predicted octanol–water partition coefficient (Wildman–Crippen LogP) is 5.17. The zero-order valence-corrected chi connectivity index (χ0v) is 18.1. The van der Waals surface area contributed by atoms with Crippen molar-refractivity contribution in [2.24, 2.45) is 0 Å². The molecule has 0 aliphatic heterocycles. The molecule has 0 bridgehead atoms. The molecule has 0 aliphatic carbocycles. The first-order valence-corrected chi connectivity index (χ1v) is 10.9. The summed E-state index contributed by atoms with van der Waals surface area (Å²) in [6.07, 6.45) is 1.54. The molecule has 4 aromatic rings. The molecule has 0 spiro atoms. The average Bonchev–Trinajstić information content (AvgIpc) is 3.54. The molecule has 0 atom stereocenters. The lowest BCUT2D eigenvalue weighted by Crippen LogP contribution is -2.27. The van der Waals surface area contributed by atoms with Crippen molar-refractivity contribution in [2.45, 2.75) is 6.54 Å². The van der Waals surface area contributed by atoms with Gasteiger partial charge in [0.1, 0.15) is 5.76 Å². The Labute approximate surface area is 193 Å². The van der Waals surface area contributed by atoms with Crippen molar-refractivity contribution in [2.75, 3.05) is 16.0 Å². The van der Waals surface area contributed by atoms with Crippen LogP contribution in [0.5, 0.6) is 0 Å². The Morgan fingerprint density at radius 3 is 1.97 bits per heavy atom. The van der Waals surface area contributed by atoms with Crippen molar-refractivity contribution in [3.8, 4) is 0 Å². The van der Waals surface area contributed by atoms with Crippen LogP contribution >= 0.6 is 11.3 Å². The number of rotatable bonds is 7. The van der Waals surface area contributed by atoms with E-state index >= 15 is 0 Å². The molecule has 0 aliphatic rings. The fraction of sp³-hybridized carbons (Fsp3) is 0.0417. The van der Waals surface area contributed by atoms with Gasteiger partial charge in [0.25, 0.3) is 11.8 Å². The largest absolute Gasteiger partial charge is 0.467 e. The zero-order chi connectivity index (χ0) is 23.0. The highest BCUT2D eigenvalue weighted by Crippen LogP contribution is 2.17. The van der Waals surface area contributed by atoms with Crippen molar-refractivity contribution in [3.63, 3.8) is 0 Å². The SMILES string of the molecule is O=C(NCc1ccco1)Nc1ccc(NC(=O)c2ccc(NC(=O)c3cccs3)cc2)cc1. The van der Waals surface area contributed by atoms with Crippen LogP contribution < -0.4 is 21.3 Å². The number of benzene rings is 2. The first-order valence-electron chi connectivity index (χ1n) is 10.0. The topological polar surface area (TPSA) is 112 Å². The predicted molar refractivity (Wildman–Crippen MR) is 128 cm³/mol. The van der Waals surface area contributed by atoms with Crippen molar-refractivity contribution >= 4 is 46.2 Å². The Hall–Kier alpha value is -4.37. The summed E-state index contributed by atoms with van der Waals surface area (Å²) in [7, 11) is 0. The third-order valence-corrected chi connectivity index (χ3v) is 5.42. The van der Waals surface area contributed by atoms with Crippen molar-refractivity contribution in [1.29, 1.82) is 0 Å². The molecule has 0 unspecified atom stereocenters. The number of anilines is 3. The normalized spacial score (nSPS) is 10.3. The Balaban J connectivity index is 1.27. The van der Waals surface area contributed by atoms with Crippen molar-refractivity contribution in [3.05, 3.63) is 101 Å². The Bertz CT molecular complexity index is 1220. The molecule has 0 saturated carbocycles. The zero-order valence-electron chi connectivity index (χ0n) is 17.3. The number of amides is 4. The van der Waals surface area contributed by atoms with Crippen LogP contribution in [0, 0.1) is 0 Å². The number of carbonyl (C=O) groups excluding carboxylic acids is 3. The van der Waals surface area contributed by atoms with Gasteiger partial charge >= 0.3 is 6.03 Å². The molecular formula is C24H20N4O4S. The minimum Gasteiger partial charge on any atom is -0.467 e. The van der Waals surface area contributed by atoms with Crippen LogP contribution in [0.1, 0.15) is 25.8 Å². The molecule has 8 nitrogen and oxygen atoms in total. The summed E-state index contributed by atoms with van der Waals surface area (Å²) in [5, 5.41) is 12.8. The van der Waals surface area contributed by atoms with Crippen LogP contribution in [0.3, 0.4) is 0 Å². The van der Waals surface area contributed by atoms with Gasteiger partial charge in [0.05, 0.1) is 17.7 Å².